The number of thiophene rings is 1. The van der Waals surface area contributed by atoms with Crippen molar-refractivity contribution in [1.82, 2.24) is 4.57 Å². The normalized spacial score (nSPS) is 12.6. The van der Waals surface area contributed by atoms with E-state index in [-0.39, 0.29) is 0 Å². The van der Waals surface area contributed by atoms with Crippen LogP contribution in [0.3, 0.4) is 0 Å². The van der Waals surface area contributed by atoms with Crippen molar-refractivity contribution in [2.75, 3.05) is 4.90 Å². The highest BCUT2D eigenvalue weighted by Crippen LogP contribution is 2.68. The maximum atomic E-state index is 2.38. The molecule has 80 heavy (non-hydrogen) atoms. The van der Waals surface area contributed by atoms with Gasteiger partial charge >= 0.3 is 0 Å². The monoisotopic (exact) mass is 1030 g/mol. The van der Waals surface area contributed by atoms with Gasteiger partial charge in [-0.15, -0.1) is 11.3 Å². The van der Waals surface area contributed by atoms with Crippen LogP contribution in [0.1, 0.15) is 22.3 Å². The summed E-state index contributed by atoms with van der Waals surface area (Å²) in [6.45, 7) is 0. The van der Waals surface area contributed by atoms with Crippen molar-refractivity contribution in [2.24, 2.45) is 0 Å². The zero-order valence-electron chi connectivity index (χ0n) is 43.7. The summed E-state index contributed by atoms with van der Waals surface area (Å²) in [6, 6.07) is 112. The van der Waals surface area contributed by atoms with Crippen molar-refractivity contribution < 1.29 is 0 Å². The highest BCUT2D eigenvalue weighted by atomic mass is 32.1. The van der Waals surface area contributed by atoms with Gasteiger partial charge in [-0.05, 0) is 150 Å². The molecule has 374 valence electrons. The predicted octanol–water partition coefficient (Wildman–Crippen LogP) is 21.0. The molecular weight excluding hydrogens is 985 g/mol. The summed E-state index contributed by atoms with van der Waals surface area (Å²) in [6.07, 6.45) is 0. The van der Waals surface area contributed by atoms with Gasteiger partial charge in [0.2, 0.25) is 0 Å². The Morgan fingerprint density at radius 1 is 0.287 bits per heavy atom. The molecule has 0 unspecified atom stereocenters. The molecule has 0 saturated carbocycles. The van der Waals surface area contributed by atoms with Crippen LogP contribution >= 0.6 is 11.3 Å². The smallest absolute Gasteiger partial charge is 0.0740 e. The molecule has 16 rings (SSSR count). The van der Waals surface area contributed by atoms with Gasteiger partial charge in [0.25, 0.3) is 0 Å². The molecule has 0 fully saturated rings. The van der Waals surface area contributed by atoms with Gasteiger partial charge in [0.15, 0.2) is 0 Å². The van der Waals surface area contributed by atoms with Gasteiger partial charge in [0.1, 0.15) is 0 Å². The molecule has 2 aromatic heterocycles. The van der Waals surface area contributed by atoms with E-state index in [9.17, 15) is 0 Å². The minimum absolute atomic E-state index is 0.444. The van der Waals surface area contributed by atoms with Gasteiger partial charge in [0.05, 0.1) is 16.4 Å². The molecule has 2 aliphatic rings. The third kappa shape index (κ3) is 7.11. The van der Waals surface area contributed by atoms with Crippen molar-refractivity contribution in [2.45, 2.75) is 5.41 Å². The molecule has 2 aliphatic carbocycles. The molecule has 2 heterocycles. The second kappa shape index (κ2) is 18.6. The second-order valence-corrected chi connectivity index (χ2v) is 22.1. The number of benzene rings is 12. The summed E-state index contributed by atoms with van der Waals surface area (Å²) >= 11 is 1.94. The fraction of sp³-hybridized carbons (Fsp3) is 0.0130. The lowest BCUT2D eigenvalue weighted by molar-refractivity contribution is 0.798. The molecule has 12 aromatic carbocycles. The van der Waals surface area contributed by atoms with E-state index in [1.54, 1.807) is 0 Å². The lowest BCUT2D eigenvalue weighted by Gasteiger charge is -2.31. The van der Waals surface area contributed by atoms with Crippen LogP contribution < -0.4 is 4.90 Å². The zero-order valence-corrected chi connectivity index (χ0v) is 44.5. The van der Waals surface area contributed by atoms with Crippen molar-refractivity contribution >= 4 is 50.2 Å². The third-order valence-electron chi connectivity index (χ3n) is 16.9. The van der Waals surface area contributed by atoms with E-state index in [2.05, 4.69) is 313 Å². The molecule has 0 atom stereocenters. The van der Waals surface area contributed by atoms with Gasteiger partial charge in [0, 0.05) is 48.8 Å². The predicted molar refractivity (Wildman–Crippen MR) is 337 cm³/mol. The minimum atomic E-state index is -0.444. The van der Waals surface area contributed by atoms with E-state index in [0.29, 0.717) is 0 Å². The molecule has 0 bridgehead atoms. The van der Waals surface area contributed by atoms with Crippen LogP contribution in [0.25, 0.3) is 104 Å². The Bertz CT molecular complexity index is 4600. The van der Waals surface area contributed by atoms with Crippen molar-refractivity contribution in [3.8, 4) is 82.2 Å². The summed E-state index contributed by atoms with van der Waals surface area (Å²) < 4.78 is 2.37. The number of para-hydroxylation sites is 2. The summed E-state index contributed by atoms with van der Waals surface area (Å²) in [4.78, 5) is 5.01. The van der Waals surface area contributed by atoms with Crippen molar-refractivity contribution in [1.29, 1.82) is 0 Å². The van der Waals surface area contributed by atoms with E-state index in [4.69, 9.17) is 0 Å². The van der Waals surface area contributed by atoms with Crippen LogP contribution in [-0.2, 0) is 5.41 Å². The number of fused-ring (bicyclic) bond motifs is 13. The number of nitrogens with zero attached hydrogens (tertiary/aromatic N) is 2. The number of rotatable bonds is 9. The van der Waals surface area contributed by atoms with Crippen LogP contribution in [0.15, 0.2) is 303 Å². The van der Waals surface area contributed by atoms with Gasteiger partial charge in [-0.25, -0.2) is 0 Å². The molecule has 3 heteroatoms. The van der Waals surface area contributed by atoms with Gasteiger partial charge in [-0.1, -0.05) is 237 Å². The fourth-order valence-corrected chi connectivity index (χ4v) is 14.7. The van der Waals surface area contributed by atoms with E-state index in [1.165, 1.54) is 121 Å². The Balaban J connectivity index is 0.768. The van der Waals surface area contributed by atoms with Gasteiger partial charge < -0.3 is 9.47 Å². The minimum Gasteiger partial charge on any atom is -0.311 e. The Kier molecular flexibility index (Phi) is 10.7. The maximum Gasteiger partial charge on any atom is 0.0740 e. The fourth-order valence-electron chi connectivity index (χ4n) is 13.3. The lowest BCUT2D eigenvalue weighted by atomic mass is 9.70. The zero-order chi connectivity index (χ0) is 52.7. The highest BCUT2D eigenvalue weighted by Gasteiger charge is 2.54. The molecule has 0 N–H and O–H groups in total. The first-order valence-electron chi connectivity index (χ1n) is 27.6. The SMILES string of the molecule is c1ccc(-c2ccc(N(c3ccc(-c4ccc(-c5sc(-c6ccccc6)c6c5C5(c7ccccc7-c7ccccc75)c5ccccc5-6)cc4)cc3)c3ccc(-c4ccc5c(c4)c4ccccc4n5-c4ccccc4)cc3)cc2)cc1. The van der Waals surface area contributed by atoms with E-state index in [1.807, 2.05) is 11.3 Å². The number of hydrogen-bond acceptors (Lipinski definition) is 2. The lowest BCUT2D eigenvalue weighted by Crippen LogP contribution is -2.26. The number of anilines is 3. The largest absolute Gasteiger partial charge is 0.311 e. The van der Waals surface area contributed by atoms with Crippen LogP contribution in [-0.4, -0.2) is 4.57 Å². The van der Waals surface area contributed by atoms with E-state index >= 15 is 0 Å². The molecule has 1 spiro atoms. The molecule has 0 amide bonds. The average molecular weight is 1040 g/mol. The van der Waals surface area contributed by atoms with Gasteiger partial charge in [-0.3, -0.25) is 0 Å². The quantitative estimate of drug-likeness (QED) is 0.140. The molecule has 0 aliphatic heterocycles. The Labute approximate surface area is 470 Å². The standard InChI is InChI=1S/C77H50N2S/c1-4-18-51(19-5-1)53-36-43-60(44-37-53)78(62-47-40-55(41-48-62)58-42-49-72-67(50-58)65-26-13-17-31-71(65)79(72)59-22-8-3-9-23-59)61-45-38-54(39-46-61)52-32-34-57(35-33-52)76-74-73(75(80-76)56-20-6-2-7-21-56)66-27-12-16-30-70(66)77(74)68-28-14-10-24-63(68)64-25-11-15-29-69(64)77/h1-50H. The number of aromatic nitrogens is 1. The van der Waals surface area contributed by atoms with Crippen molar-refractivity contribution in [3.05, 3.63) is 326 Å². The maximum absolute atomic E-state index is 2.38. The second-order valence-electron chi connectivity index (χ2n) is 21.1. The Hall–Kier alpha value is -10.1. The average Bonchev–Trinajstić information content (AvgIpc) is 4.22. The number of hydrogen-bond donors (Lipinski definition) is 0. The van der Waals surface area contributed by atoms with Crippen LogP contribution in [0.5, 0.6) is 0 Å². The van der Waals surface area contributed by atoms with E-state index in [0.717, 1.165) is 22.7 Å². The Morgan fingerprint density at radius 2 is 0.675 bits per heavy atom. The molecule has 0 saturated heterocycles. The van der Waals surface area contributed by atoms with Crippen LogP contribution in [0, 0.1) is 0 Å². The summed E-state index contributed by atoms with van der Waals surface area (Å²) in [5, 5.41) is 2.49. The molecular formula is C77H50N2S. The molecule has 2 nitrogen and oxygen atoms in total. The van der Waals surface area contributed by atoms with Crippen molar-refractivity contribution in [3.63, 3.8) is 0 Å². The van der Waals surface area contributed by atoms with Crippen LogP contribution in [0.2, 0.25) is 0 Å². The van der Waals surface area contributed by atoms with E-state index < -0.39 is 5.41 Å². The summed E-state index contributed by atoms with van der Waals surface area (Å²) in [5.74, 6) is 0. The first-order chi connectivity index (χ1) is 39.7. The first-order valence-corrected chi connectivity index (χ1v) is 28.4. The molecule has 0 radical (unpaired) electrons. The topological polar surface area (TPSA) is 8.17 Å². The highest BCUT2D eigenvalue weighted by molar-refractivity contribution is 7.19. The third-order valence-corrected chi connectivity index (χ3v) is 18.1. The summed E-state index contributed by atoms with van der Waals surface area (Å²) in [7, 11) is 0. The first kappa shape index (κ1) is 46.1. The summed E-state index contributed by atoms with van der Waals surface area (Å²) in [5.41, 5.74) is 26.8. The Morgan fingerprint density at radius 3 is 1.25 bits per heavy atom. The van der Waals surface area contributed by atoms with Gasteiger partial charge in [-0.2, -0.15) is 0 Å². The molecule has 14 aromatic rings. The van der Waals surface area contributed by atoms with Crippen LogP contribution in [0.4, 0.5) is 17.1 Å².